The predicted octanol–water partition coefficient (Wildman–Crippen LogP) is 0.659. The molecular formula is C14H19N7. The van der Waals surface area contributed by atoms with E-state index < -0.39 is 0 Å². The minimum absolute atomic E-state index is 0.792. The summed E-state index contributed by atoms with van der Waals surface area (Å²) in [4.78, 5) is 23.9. The summed E-state index contributed by atoms with van der Waals surface area (Å²) < 4.78 is 0. The number of hydrogen-bond acceptors (Lipinski definition) is 7. The van der Waals surface area contributed by atoms with E-state index in [0.717, 1.165) is 43.8 Å². The van der Waals surface area contributed by atoms with Crippen LogP contribution in [0.2, 0.25) is 0 Å². The number of aromatic nitrogens is 4. The van der Waals surface area contributed by atoms with E-state index in [1.165, 1.54) is 0 Å². The topological polar surface area (TPSA) is 61.3 Å². The van der Waals surface area contributed by atoms with Crippen molar-refractivity contribution in [2.45, 2.75) is 0 Å². The lowest BCUT2D eigenvalue weighted by Gasteiger charge is -2.35. The molecule has 0 aromatic carbocycles. The minimum atomic E-state index is 0.792. The zero-order chi connectivity index (χ0) is 14.7. The molecule has 1 aliphatic rings. The molecule has 1 fully saturated rings. The van der Waals surface area contributed by atoms with Crippen molar-refractivity contribution in [2.24, 2.45) is 0 Å². The Kier molecular flexibility index (Phi) is 3.81. The molecule has 0 spiro atoms. The Bertz CT molecular complexity index is 579. The van der Waals surface area contributed by atoms with Crippen molar-refractivity contribution in [1.82, 2.24) is 19.9 Å². The lowest BCUT2D eigenvalue weighted by molar-refractivity contribution is 0.633. The first-order chi connectivity index (χ1) is 10.2. The van der Waals surface area contributed by atoms with E-state index in [1.54, 1.807) is 18.6 Å². The Hall–Kier alpha value is -2.44. The lowest BCUT2D eigenvalue weighted by atomic mass is 10.3. The van der Waals surface area contributed by atoms with Crippen LogP contribution in [-0.4, -0.2) is 60.2 Å². The average Bonchev–Trinajstić information content (AvgIpc) is 2.56. The Morgan fingerprint density at radius 3 is 2.38 bits per heavy atom. The molecule has 110 valence electrons. The van der Waals surface area contributed by atoms with E-state index in [2.05, 4.69) is 29.7 Å². The smallest absolute Gasteiger partial charge is 0.227 e. The van der Waals surface area contributed by atoms with Crippen molar-refractivity contribution in [3.63, 3.8) is 0 Å². The van der Waals surface area contributed by atoms with Crippen molar-refractivity contribution in [2.75, 3.05) is 55.0 Å². The van der Waals surface area contributed by atoms with Crippen LogP contribution in [-0.2, 0) is 0 Å². The van der Waals surface area contributed by atoms with Gasteiger partial charge in [0.25, 0.3) is 0 Å². The first-order valence-electron chi connectivity index (χ1n) is 7.00. The molecule has 0 unspecified atom stereocenters. The van der Waals surface area contributed by atoms with Crippen LogP contribution >= 0.6 is 0 Å². The van der Waals surface area contributed by atoms with Gasteiger partial charge in [-0.15, -0.1) is 0 Å². The number of hydrogen-bond donors (Lipinski definition) is 0. The van der Waals surface area contributed by atoms with Crippen LogP contribution in [0.15, 0.2) is 30.9 Å². The van der Waals surface area contributed by atoms with Gasteiger partial charge in [0.1, 0.15) is 11.6 Å². The highest BCUT2D eigenvalue weighted by atomic mass is 15.3. The van der Waals surface area contributed by atoms with E-state index in [1.807, 2.05) is 31.3 Å². The molecular weight excluding hydrogens is 266 g/mol. The third-order valence-electron chi connectivity index (χ3n) is 3.52. The normalized spacial score (nSPS) is 15.1. The van der Waals surface area contributed by atoms with Gasteiger partial charge < -0.3 is 14.7 Å². The van der Waals surface area contributed by atoms with Crippen molar-refractivity contribution in [3.8, 4) is 0 Å². The fourth-order valence-electron chi connectivity index (χ4n) is 2.33. The summed E-state index contributed by atoms with van der Waals surface area (Å²) in [7, 11) is 3.97. The number of anilines is 3. The molecule has 7 heteroatoms. The fourth-order valence-corrected chi connectivity index (χ4v) is 2.33. The number of nitrogens with zero attached hydrogens (tertiary/aromatic N) is 7. The third kappa shape index (κ3) is 3.01. The molecule has 0 amide bonds. The Morgan fingerprint density at radius 1 is 0.952 bits per heavy atom. The van der Waals surface area contributed by atoms with Crippen molar-refractivity contribution < 1.29 is 0 Å². The van der Waals surface area contributed by atoms with E-state index in [0.29, 0.717) is 0 Å². The van der Waals surface area contributed by atoms with Gasteiger partial charge in [-0.05, 0) is 6.07 Å². The van der Waals surface area contributed by atoms with Gasteiger partial charge in [-0.2, -0.15) is 4.98 Å². The molecule has 0 aliphatic carbocycles. The first kappa shape index (κ1) is 13.5. The van der Waals surface area contributed by atoms with Crippen LogP contribution in [0.1, 0.15) is 0 Å². The number of piperazine rings is 1. The monoisotopic (exact) mass is 285 g/mol. The summed E-state index contributed by atoms with van der Waals surface area (Å²) in [6.07, 6.45) is 7.04. The van der Waals surface area contributed by atoms with Crippen LogP contribution in [0.3, 0.4) is 0 Å². The quantitative estimate of drug-likeness (QED) is 0.821. The Labute approximate surface area is 124 Å². The van der Waals surface area contributed by atoms with E-state index >= 15 is 0 Å². The maximum atomic E-state index is 4.59. The first-order valence-corrected chi connectivity index (χ1v) is 7.00. The highest BCUT2D eigenvalue weighted by molar-refractivity contribution is 5.44. The molecule has 3 rings (SSSR count). The van der Waals surface area contributed by atoms with Crippen molar-refractivity contribution >= 4 is 17.6 Å². The second-order valence-corrected chi connectivity index (χ2v) is 5.15. The van der Waals surface area contributed by atoms with Crippen LogP contribution < -0.4 is 14.7 Å². The lowest BCUT2D eigenvalue weighted by Crippen LogP contribution is -2.47. The molecule has 0 radical (unpaired) electrons. The summed E-state index contributed by atoms with van der Waals surface area (Å²) in [5, 5.41) is 0. The second kappa shape index (κ2) is 5.90. The zero-order valence-corrected chi connectivity index (χ0v) is 12.3. The van der Waals surface area contributed by atoms with Crippen LogP contribution in [0.5, 0.6) is 0 Å². The van der Waals surface area contributed by atoms with Gasteiger partial charge in [0.05, 0.1) is 6.20 Å². The summed E-state index contributed by atoms with van der Waals surface area (Å²) in [5.41, 5.74) is 0. The summed E-state index contributed by atoms with van der Waals surface area (Å²) in [6.45, 7) is 3.56. The van der Waals surface area contributed by atoms with Gasteiger partial charge in [0.2, 0.25) is 5.95 Å². The van der Waals surface area contributed by atoms with Crippen LogP contribution in [0.25, 0.3) is 0 Å². The molecule has 1 saturated heterocycles. The average molecular weight is 285 g/mol. The van der Waals surface area contributed by atoms with Gasteiger partial charge in [0.15, 0.2) is 0 Å². The second-order valence-electron chi connectivity index (χ2n) is 5.15. The molecule has 0 bridgehead atoms. The van der Waals surface area contributed by atoms with E-state index in [-0.39, 0.29) is 0 Å². The van der Waals surface area contributed by atoms with Gasteiger partial charge in [-0.1, -0.05) is 0 Å². The fraction of sp³-hybridized carbons (Fsp3) is 0.429. The highest BCUT2D eigenvalue weighted by Gasteiger charge is 2.20. The van der Waals surface area contributed by atoms with E-state index in [4.69, 9.17) is 0 Å². The molecule has 2 aromatic heterocycles. The van der Waals surface area contributed by atoms with Crippen molar-refractivity contribution in [3.05, 3.63) is 30.9 Å². The maximum absolute atomic E-state index is 4.59. The number of rotatable bonds is 3. The standard InChI is InChI=1S/C14H19N7/c1-19(2)12-3-4-17-14(18-12)21-9-7-20(8-10-21)13-11-15-5-6-16-13/h3-6,11H,7-10H2,1-2H3. The molecule has 0 atom stereocenters. The third-order valence-corrected chi connectivity index (χ3v) is 3.52. The minimum Gasteiger partial charge on any atom is -0.363 e. The Morgan fingerprint density at radius 2 is 1.71 bits per heavy atom. The van der Waals surface area contributed by atoms with Gasteiger partial charge in [-0.3, -0.25) is 4.98 Å². The highest BCUT2D eigenvalue weighted by Crippen LogP contribution is 2.17. The molecule has 21 heavy (non-hydrogen) atoms. The van der Waals surface area contributed by atoms with Crippen LogP contribution in [0.4, 0.5) is 17.6 Å². The van der Waals surface area contributed by atoms with E-state index in [9.17, 15) is 0 Å². The van der Waals surface area contributed by atoms with Crippen molar-refractivity contribution in [1.29, 1.82) is 0 Å². The van der Waals surface area contributed by atoms with Gasteiger partial charge in [-0.25, -0.2) is 9.97 Å². The van der Waals surface area contributed by atoms with Gasteiger partial charge in [0, 0.05) is 58.9 Å². The molecule has 3 heterocycles. The van der Waals surface area contributed by atoms with Gasteiger partial charge >= 0.3 is 0 Å². The summed E-state index contributed by atoms with van der Waals surface area (Å²) in [5.74, 6) is 2.65. The molecule has 0 saturated carbocycles. The molecule has 1 aliphatic heterocycles. The predicted molar refractivity (Wildman–Crippen MR) is 82.8 cm³/mol. The summed E-state index contributed by atoms with van der Waals surface area (Å²) >= 11 is 0. The molecule has 2 aromatic rings. The summed E-state index contributed by atoms with van der Waals surface area (Å²) in [6, 6.07) is 1.92. The SMILES string of the molecule is CN(C)c1ccnc(N2CCN(c3cnccn3)CC2)n1. The largest absolute Gasteiger partial charge is 0.363 e. The molecule has 7 nitrogen and oxygen atoms in total. The Balaban J connectivity index is 1.67. The molecule has 0 N–H and O–H groups in total. The maximum Gasteiger partial charge on any atom is 0.227 e. The van der Waals surface area contributed by atoms with Crippen LogP contribution in [0, 0.1) is 0 Å². The zero-order valence-electron chi connectivity index (χ0n) is 12.3.